The van der Waals surface area contributed by atoms with Crippen LogP contribution >= 0.6 is 0 Å². The molecule has 2 heterocycles. The third-order valence-corrected chi connectivity index (χ3v) is 6.59. The largest absolute Gasteiger partial charge is 0.481 e. The number of hydrogen-bond donors (Lipinski definition) is 2. The summed E-state index contributed by atoms with van der Waals surface area (Å²) in [5, 5.41) is 11.7. The number of anilines is 1. The van der Waals surface area contributed by atoms with Gasteiger partial charge in [-0.25, -0.2) is 9.78 Å². The lowest BCUT2D eigenvalue weighted by atomic mass is 9.98. The lowest BCUT2D eigenvalue weighted by molar-refractivity contribution is -0.137. The van der Waals surface area contributed by atoms with Crippen LogP contribution in [0, 0.1) is 0 Å². The average molecular weight is 472 g/mol. The number of hydrogen-bond acceptors (Lipinski definition) is 5. The summed E-state index contributed by atoms with van der Waals surface area (Å²) in [5.74, 6) is -1.14. The van der Waals surface area contributed by atoms with Gasteiger partial charge in [0.1, 0.15) is 18.1 Å². The topological polar surface area (TPSA) is 109 Å². The van der Waals surface area contributed by atoms with Gasteiger partial charge in [0.05, 0.1) is 6.42 Å². The zero-order valence-electron chi connectivity index (χ0n) is 19.0. The third-order valence-electron chi connectivity index (χ3n) is 6.59. The molecule has 3 aromatic rings. The number of fused-ring (bicyclic) bond motifs is 3. The minimum absolute atomic E-state index is 0.0599. The van der Waals surface area contributed by atoms with Crippen molar-refractivity contribution in [3.8, 4) is 11.1 Å². The first-order valence-electron chi connectivity index (χ1n) is 11.6. The number of ether oxygens (including phenoxy) is 1. The van der Waals surface area contributed by atoms with Crippen LogP contribution in [0.1, 0.15) is 46.8 Å². The van der Waals surface area contributed by atoms with Gasteiger partial charge in [0.25, 0.3) is 5.91 Å². The maximum Gasteiger partial charge on any atom is 0.412 e. The predicted molar refractivity (Wildman–Crippen MR) is 129 cm³/mol. The molecule has 0 spiro atoms. The molecule has 2 aliphatic rings. The Balaban J connectivity index is 1.24. The molecule has 1 unspecified atom stereocenters. The lowest BCUT2D eigenvalue weighted by Crippen LogP contribution is -2.37. The average Bonchev–Trinajstić information content (AvgIpc) is 3.44. The molecule has 8 nitrogen and oxygen atoms in total. The van der Waals surface area contributed by atoms with Crippen LogP contribution in [0.25, 0.3) is 11.1 Å². The summed E-state index contributed by atoms with van der Waals surface area (Å²) in [5.41, 5.74) is 4.68. The van der Waals surface area contributed by atoms with E-state index in [9.17, 15) is 14.4 Å². The minimum Gasteiger partial charge on any atom is -0.481 e. The number of carbonyl (C=O) groups excluding carboxylic acids is 2. The maximum absolute atomic E-state index is 12.9. The molecule has 1 atom stereocenters. The van der Waals surface area contributed by atoms with Crippen molar-refractivity contribution in [1.29, 1.82) is 0 Å². The molecule has 2 aromatic carbocycles. The molecule has 178 valence electrons. The van der Waals surface area contributed by atoms with E-state index in [2.05, 4.69) is 22.4 Å². The summed E-state index contributed by atoms with van der Waals surface area (Å²) in [6.45, 7) is 0.658. The van der Waals surface area contributed by atoms with Crippen molar-refractivity contribution in [2.75, 3.05) is 18.5 Å². The van der Waals surface area contributed by atoms with Crippen LogP contribution in [-0.2, 0) is 9.53 Å². The number of nitrogens with zero attached hydrogens (tertiary/aromatic N) is 2. The quantitative estimate of drug-likeness (QED) is 0.547. The van der Waals surface area contributed by atoms with Crippen molar-refractivity contribution >= 4 is 23.8 Å². The van der Waals surface area contributed by atoms with E-state index >= 15 is 0 Å². The summed E-state index contributed by atoms with van der Waals surface area (Å²) in [7, 11) is 0. The highest BCUT2D eigenvalue weighted by atomic mass is 16.5. The van der Waals surface area contributed by atoms with E-state index in [1.165, 1.54) is 0 Å². The molecule has 35 heavy (non-hydrogen) atoms. The van der Waals surface area contributed by atoms with E-state index in [1.807, 2.05) is 36.4 Å². The second-order valence-electron chi connectivity index (χ2n) is 8.75. The first-order chi connectivity index (χ1) is 17.0. The Morgan fingerprint density at radius 2 is 1.66 bits per heavy atom. The number of carboxylic acid groups (broad SMARTS) is 1. The monoisotopic (exact) mass is 471 g/mol. The van der Waals surface area contributed by atoms with Gasteiger partial charge in [-0.15, -0.1) is 0 Å². The van der Waals surface area contributed by atoms with Gasteiger partial charge in [-0.05, 0) is 47.2 Å². The van der Waals surface area contributed by atoms with Gasteiger partial charge < -0.3 is 14.7 Å². The molecular formula is C27H25N3O5. The maximum atomic E-state index is 12.9. The van der Waals surface area contributed by atoms with Gasteiger partial charge in [0.15, 0.2) is 0 Å². The van der Waals surface area contributed by atoms with Crippen LogP contribution in [-0.4, -0.2) is 52.2 Å². The van der Waals surface area contributed by atoms with Gasteiger partial charge in [-0.3, -0.25) is 14.9 Å². The van der Waals surface area contributed by atoms with Crippen LogP contribution in [0.2, 0.25) is 0 Å². The van der Waals surface area contributed by atoms with Gasteiger partial charge in [-0.1, -0.05) is 54.6 Å². The van der Waals surface area contributed by atoms with Crippen molar-refractivity contribution < 1.29 is 24.2 Å². The number of carbonyl (C=O) groups is 3. The molecule has 0 radical (unpaired) electrons. The fraction of sp³-hybridized carbons (Fsp3) is 0.259. The highest BCUT2D eigenvalue weighted by molar-refractivity contribution is 5.94. The number of amides is 2. The predicted octanol–water partition coefficient (Wildman–Crippen LogP) is 4.52. The van der Waals surface area contributed by atoms with Crippen molar-refractivity contribution in [3.05, 3.63) is 83.6 Å². The van der Waals surface area contributed by atoms with Gasteiger partial charge in [-0.2, -0.15) is 0 Å². The van der Waals surface area contributed by atoms with Crippen molar-refractivity contribution in [1.82, 2.24) is 9.88 Å². The molecule has 1 aliphatic carbocycles. The van der Waals surface area contributed by atoms with Crippen LogP contribution in [0.3, 0.4) is 0 Å². The van der Waals surface area contributed by atoms with Crippen molar-refractivity contribution in [2.45, 2.75) is 31.2 Å². The molecule has 1 aliphatic heterocycles. The molecule has 1 saturated heterocycles. The first kappa shape index (κ1) is 22.6. The summed E-state index contributed by atoms with van der Waals surface area (Å²) >= 11 is 0. The Morgan fingerprint density at radius 1 is 0.971 bits per heavy atom. The molecule has 2 N–H and O–H groups in total. The molecule has 1 aromatic heterocycles. The van der Waals surface area contributed by atoms with Crippen LogP contribution in [0.5, 0.6) is 0 Å². The molecule has 1 fully saturated rings. The smallest absolute Gasteiger partial charge is 0.412 e. The number of nitrogens with one attached hydrogen (secondary N) is 1. The number of likely N-dealkylation sites (tertiary alicyclic amines) is 1. The number of pyridine rings is 1. The fourth-order valence-corrected chi connectivity index (χ4v) is 5.03. The van der Waals surface area contributed by atoms with Crippen LogP contribution in [0.15, 0.2) is 66.7 Å². The van der Waals surface area contributed by atoms with Gasteiger partial charge >= 0.3 is 12.1 Å². The van der Waals surface area contributed by atoms with E-state index in [0.29, 0.717) is 13.0 Å². The zero-order valence-corrected chi connectivity index (χ0v) is 19.0. The molecule has 8 heteroatoms. The Kier molecular flexibility index (Phi) is 6.18. The first-order valence-corrected chi connectivity index (χ1v) is 11.6. The van der Waals surface area contributed by atoms with Crippen LogP contribution < -0.4 is 5.32 Å². The summed E-state index contributed by atoms with van der Waals surface area (Å²) in [6.07, 6.45) is 0.648. The fourth-order valence-electron chi connectivity index (χ4n) is 5.03. The van der Waals surface area contributed by atoms with E-state index in [1.54, 1.807) is 23.1 Å². The molecule has 0 bridgehead atoms. The lowest BCUT2D eigenvalue weighted by Gasteiger charge is -2.23. The SMILES string of the molecule is O=C(O)CC1CCCN1C(=O)c1cccc(NC(=O)OCC2c3ccccc3-c3ccccc32)n1. The number of aromatic nitrogens is 1. The number of carboxylic acids is 1. The Hall–Kier alpha value is -4.20. The minimum atomic E-state index is -0.937. The highest BCUT2D eigenvalue weighted by Crippen LogP contribution is 2.44. The second-order valence-corrected chi connectivity index (χ2v) is 8.75. The number of aliphatic carboxylic acids is 1. The third kappa shape index (κ3) is 4.59. The zero-order chi connectivity index (χ0) is 24.4. The molecule has 0 saturated carbocycles. The highest BCUT2D eigenvalue weighted by Gasteiger charge is 2.32. The molecule has 5 rings (SSSR count). The van der Waals surface area contributed by atoms with E-state index in [4.69, 9.17) is 9.84 Å². The normalized spacial score (nSPS) is 16.5. The Morgan fingerprint density at radius 3 is 2.34 bits per heavy atom. The Labute approximate surface area is 202 Å². The van der Waals surface area contributed by atoms with Crippen molar-refractivity contribution in [2.24, 2.45) is 0 Å². The molecular weight excluding hydrogens is 446 g/mol. The number of rotatable bonds is 6. The summed E-state index contributed by atoms with van der Waals surface area (Å²) in [4.78, 5) is 42.4. The summed E-state index contributed by atoms with van der Waals surface area (Å²) in [6, 6.07) is 20.6. The standard InChI is InChI=1S/C27H25N3O5/c31-25(32)15-17-7-6-14-30(17)26(33)23-12-5-13-24(28-23)29-27(34)35-16-22-20-10-3-1-8-18(20)19-9-2-4-11-21(19)22/h1-5,8-13,17,22H,6-7,14-16H2,(H,31,32)(H,28,29,34). The van der Waals surface area contributed by atoms with E-state index in [0.717, 1.165) is 28.7 Å². The second kappa shape index (κ2) is 9.58. The summed E-state index contributed by atoms with van der Waals surface area (Å²) < 4.78 is 5.55. The van der Waals surface area contributed by atoms with Gasteiger partial charge in [0, 0.05) is 18.5 Å². The van der Waals surface area contributed by atoms with E-state index < -0.39 is 12.1 Å². The molecule has 2 amide bonds. The van der Waals surface area contributed by atoms with Crippen molar-refractivity contribution in [3.63, 3.8) is 0 Å². The number of benzene rings is 2. The van der Waals surface area contributed by atoms with E-state index in [-0.39, 0.29) is 42.4 Å². The van der Waals surface area contributed by atoms with Gasteiger partial charge in [0.2, 0.25) is 0 Å². The van der Waals surface area contributed by atoms with Crippen LogP contribution in [0.4, 0.5) is 10.6 Å². The Bertz CT molecular complexity index is 1250.